The molecule has 0 aliphatic carbocycles. The summed E-state index contributed by atoms with van der Waals surface area (Å²) in [6.07, 6.45) is 4.55. The van der Waals surface area contributed by atoms with E-state index in [1.54, 1.807) is 6.20 Å². The lowest BCUT2D eigenvalue weighted by molar-refractivity contribution is -0.141. The van der Waals surface area contributed by atoms with Crippen LogP contribution < -0.4 is 5.32 Å². The molecule has 0 aliphatic heterocycles. The molecule has 18 heavy (non-hydrogen) atoms. The molecule has 2 aromatic rings. The molecule has 0 aliphatic rings. The summed E-state index contributed by atoms with van der Waals surface area (Å²) in [4.78, 5) is 15.0. The number of carbonyl (C=O) groups is 1. The molecular weight excluding hydrogens is 236 g/mol. The molecule has 96 valence electrons. The molecule has 8 nitrogen and oxygen atoms in total. The molecule has 0 bridgehead atoms. The van der Waals surface area contributed by atoms with E-state index < -0.39 is 11.9 Å². The molecule has 1 atom stereocenters. The van der Waals surface area contributed by atoms with Crippen molar-refractivity contribution in [2.45, 2.75) is 19.8 Å². The van der Waals surface area contributed by atoms with E-state index in [-0.39, 0.29) is 0 Å². The number of hydrogen-bond donors (Lipinski definition) is 2. The number of nitrogens with one attached hydrogen (secondary N) is 1. The fourth-order valence-electron chi connectivity index (χ4n) is 1.68. The maximum Gasteiger partial charge on any atom is 0.308 e. The van der Waals surface area contributed by atoms with Crippen LogP contribution in [0.2, 0.25) is 0 Å². The summed E-state index contributed by atoms with van der Waals surface area (Å²) in [6, 6.07) is 0. The van der Waals surface area contributed by atoms with E-state index >= 15 is 0 Å². The second-order valence-electron chi connectivity index (χ2n) is 3.95. The molecule has 8 heteroatoms. The maximum absolute atomic E-state index is 11.0. The summed E-state index contributed by atoms with van der Waals surface area (Å²) in [5.74, 6) is -0.650. The van der Waals surface area contributed by atoms with E-state index in [0.29, 0.717) is 24.4 Å². The average molecular weight is 250 g/mol. The van der Waals surface area contributed by atoms with Gasteiger partial charge in [0.2, 0.25) is 0 Å². The highest BCUT2D eigenvalue weighted by atomic mass is 16.4. The summed E-state index contributed by atoms with van der Waals surface area (Å²) < 4.78 is 1.48. The number of fused-ring (bicyclic) bond motifs is 1. The van der Waals surface area contributed by atoms with Gasteiger partial charge in [-0.05, 0) is 16.8 Å². The van der Waals surface area contributed by atoms with Gasteiger partial charge < -0.3 is 10.4 Å². The number of tetrazole rings is 1. The Morgan fingerprint density at radius 1 is 1.56 bits per heavy atom. The fourth-order valence-corrected chi connectivity index (χ4v) is 1.68. The number of rotatable bonds is 6. The van der Waals surface area contributed by atoms with Gasteiger partial charge in [-0.15, -0.1) is 5.10 Å². The lowest BCUT2D eigenvalue weighted by Crippen LogP contribution is -2.23. The standard InChI is InChI=1S/C10H14N6O2/c1-2-3-7(10(17)18)4-12-8-5-11-6-9-13-14-15-16(8)9/h5-7,12H,2-4H2,1H3,(H,17,18). The Balaban J connectivity index is 2.09. The summed E-state index contributed by atoms with van der Waals surface area (Å²) in [6.45, 7) is 2.28. The Hall–Kier alpha value is -2.25. The van der Waals surface area contributed by atoms with Crippen molar-refractivity contribution in [3.05, 3.63) is 12.4 Å². The lowest BCUT2D eigenvalue weighted by Gasteiger charge is -2.13. The molecule has 0 saturated carbocycles. The number of hydrogen-bond acceptors (Lipinski definition) is 6. The van der Waals surface area contributed by atoms with E-state index in [2.05, 4.69) is 25.8 Å². The van der Waals surface area contributed by atoms with Gasteiger partial charge >= 0.3 is 5.97 Å². The largest absolute Gasteiger partial charge is 0.481 e. The molecule has 1 unspecified atom stereocenters. The van der Waals surface area contributed by atoms with Gasteiger partial charge in [-0.25, -0.2) is 0 Å². The zero-order valence-electron chi connectivity index (χ0n) is 9.94. The van der Waals surface area contributed by atoms with Crippen LogP contribution in [0.25, 0.3) is 5.65 Å². The van der Waals surface area contributed by atoms with Crippen molar-refractivity contribution in [1.82, 2.24) is 25.0 Å². The van der Waals surface area contributed by atoms with Gasteiger partial charge in [-0.1, -0.05) is 13.3 Å². The van der Waals surface area contributed by atoms with Crippen LogP contribution in [-0.4, -0.2) is 42.6 Å². The summed E-state index contributed by atoms with van der Waals surface area (Å²) in [5.41, 5.74) is 0.516. The van der Waals surface area contributed by atoms with Crippen LogP contribution in [-0.2, 0) is 4.79 Å². The van der Waals surface area contributed by atoms with Gasteiger partial charge in [0.15, 0.2) is 5.65 Å². The normalized spacial score (nSPS) is 12.5. The molecule has 0 amide bonds. The Kier molecular flexibility index (Phi) is 3.66. The first kappa shape index (κ1) is 12.2. The van der Waals surface area contributed by atoms with Crippen LogP contribution in [0.3, 0.4) is 0 Å². The molecule has 0 aromatic carbocycles. The second kappa shape index (κ2) is 5.39. The number of nitrogens with zero attached hydrogens (tertiary/aromatic N) is 5. The Morgan fingerprint density at radius 3 is 3.11 bits per heavy atom. The number of anilines is 1. The average Bonchev–Trinajstić information content (AvgIpc) is 2.82. The van der Waals surface area contributed by atoms with Crippen molar-refractivity contribution in [3.63, 3.8) is 0 Å². The van der Waals surface area contributed by atoms with Crippen LogP contribution in [0.4, 0.5) is 5.82 Å². The number of aromatic nitrogens is 5. The first-order valence-corrected chi connectivity index (χ1v) is 5.71. The molecule has 0 spiro atoms. The monoisotopic (exact) mass is 250 g/mol. The van der Waals surface area contributed by atoms with Gasteiger partial charge in [-0.2, -0.15) is 4.52 Å². The Morgan fingerprint density at radius 2 is 2.39 bits per heavy atom. The Labute approximate surface area is 103 Å². The minimum atomic E-state index is -0.804. The highest BCUT2D eigenvalue weighted by molar-refractivity contribution is 5.70. The molecule has 2 heterocycles. The predicted octanol–water partition coefficient (Wildman–Crippen LogP) is 0.432. The molecule has 2 aromatic heterocycles. The van der Waals surface area contributed by atoms with Crippen LogP contribution in [0.15, 0.2) is 12.4 Å². The van der Waals surface area contributed by atoms with Crippen molar-refractivity contribution in [2.75, 3.05) is 11.9 Å². The first-order valence-electron chi connectivity index (χ1n) is 5.71. The molecule has 0 radical (unpaired) electrons. The third-order valence-electron chi connectivity index (χ3n) is 2.62. The van der Waals surface area contributed by atoms with Gasteiger partial charge in [0, 0.05) is 6.54 Å². The van der Waals surface area contributed by atoms with Crippen LogP contribution in [0.1, 0.15) is 19.8 Å². The number of carboxylic acid groups (broad SMARTS) is 1. The lowest BCUT2D eigenvalue weighted by atomic mass is 10.0. The predicted molar refractivity (Wildman–Crippen MR) is 63.1 cm³/mol. The quantitative estimate of drug-likeness (QED) is 0.765. The van der Waals surface area contributed by atoms with E-state index in [4.69, 9.17) is 5.11 Å². The van der Waals surface area contributed by atoms with Crippen molar-refractivity contribution in [2.24, 2.45) is 5.92 Å². The molecule has 0 fully saturated rings. The highest BCUT2D eigenvalue weighted by Gasteiger charge is 2.16. The molecule has 2 N–H and O–H groups in total. The van der Waals surface area contributed by atoms with E-state index in [9.17, 15) is 4.79 Å². The summed E-state index contributed by atoms with van der Waals surface area (Å²) in [5, 5.41) is 23.2. The van der Waals surface area contributed by atoms with E-state index in [1.807, 2.05) is 6.92 Å². The first-order chi connectivity index (χ1) is 8.72. The Bertz CT molecular complexity index is 540. The van der Waals surface area contributed by atoms with Crippen molar-refractivity contribution < 1.29 is 9.90 Å². The van der Waals surface area contributed by atoms with Crippen molar-refractivity contribution in [3.8, 4) is 0 Å². The SMILES string of the molecule is CCCC(CNc1cncc2nnnn12)C(=O)O. The van der Waals surface area contributed by atoms with Gasteiger partial charge in [0.05, 0.1) is 18.3 Å². The minimum absolute atomic E-state index is 0.323. The van der Waals surface area contributed by atoms with Gasteiger partial charge in [0.1, 0.15) is 5.82 Å². The zero-order valence-corrected chi connectivity index (χ0v) is 9.94. The van der Waals surface area contributed by atoms with Crippen LogP contribution >= 0.6 is 0 Å². The fraction of sp³-hybridized carbons (Fsp3) is 0.500. The van der Waals surface area contributed by atoms with Gasteiger partial charge in [-0.3, -0.25) is 9.78 Å². The molecule has 0 saturated heterocycles. The van der Waals surface area contributed by atoms with Crippen molar-refractivity contribution >= 4 is 17.4 Å². The molecular formula is C10H14N6O2. The maximum atomic E-state index is 11.0. The van der Waals surface area contributed by atoms with E-state index in [1.165, 1.54) is 10.7 Å². The molecule has 2 rings (SSSR count). The highest BCUT2D eigenvalue weighted by Crippen LogP contribution is 2.10. The van der Waals surface area contributed by atoms with Crippen LogP contribution in [0.5, 0.6) is 0 Å². The third kappa shape index (κ3) is 2.53. The minimum Gasteiger partial charge on any atom is -0.481 e. The smallest absolute Gasteiger partial charge is 0.308 e. The summed E-state index contributed by atoms with van der Waals surface area (Å²) in [7, 11) is 0. The third-order valence-corrected chi connectivity index (χ3v) is 2.62. The topological polar surface area (TPSA) is 105 Å². The zero-order chi connectivity index (χ0) is 13.0. The van der Waals surface area contributed by atoms with E-state index in [0.717, 1.165) is 6.42 Å². The second-order valence-corrected chi connectivity index (χ2v) is 3.95. The summed E-state index contributed by atoms with van der Waals surface area (Å²) >= 11 is 0. The number of carboxylic acids is 1. The number of aliphatic carboxylic acids is 1. The van der Waals surface area contributed by atoms with Gasteiger partial charge in [0.25, 0.3) is 0 Å². The van der Waals surface area contributed by atoms with Crippen LogP contribution in [0, 0.1) is 5.92 Å². The van der Waals surface area contributed by atoms with Crippen molar-refractivity contribution in [1.29, 1.82) is 0 Å².